The lowest BCUT2D eigenvalue weighted by Crippen LogP contribution is -3.27. The Kier molecular flexibility index (Phi) is 5.99. The van der Waals surface area contributed by atoms with Crippen molar-refractivity contribution in [1.29, 1.82) is 0 Å². The second-order valence-corrected chi connectivity index (χ2v) is 7.18. The van der Waals surface area contributed by atoms with Gasteiger partial charge in [0, 0.05) is 11.1 Å². The molecule has 0 aliphatic carbocycles. The monoisotopic (exact) mass is 364 g/mol. The van der Waals surface area contributed by atoms with Crippen LogP contribution >= 0.6 is 0 Å². The Balaban J connectivity index is 1.54. The zero-order valence-electron chi connectivity index (χ0n) is 15.2. The molecular formula is C21H27F3N2+2. The number of benzene rings is 2. The van der Waals surface area contributed by atoms with Gasteiger partial charge in [-0.2, -0.15) is 13.2 Å². The van der Waals surface area contributed by atoms with E-state index in [4.69, 9.17) is 0 Å². The molecular weight excluding hydrogens is 337 g/mol. The van der Waals surface area contributed by atoms with Crippen molar-refractivity contribution >= 4 is 0 Å². The molecule has 2 aromatic carbocycles. The molecule has 2 N–H and O–H groups in total. The number of hydrogen-bond acceptors (Lipinski definition) is 0. The number of aryl methyl sites for hydroxylation is 1. The van der Waals surface area contributed by atoms with Gasteiger partial charge in [-0.15, -0.1) is 0 Å². The zero-order chi connectivity index (χ0) is 18.6. The van der Waals surface area contributed by atoms with Crippen LogP contribution in [0.2, 0.25) is 0 Å². The molecule has 1 fully saturated rings. The topological polar surface area (TPSA) is 8.88 Å². The molecule has 0 bridgehead atoms. The summed E-state index contributed by atoms with van der Waals surface area (Å²) >= 11 is 0. The Bertz CT molecular complexity index is 702. The van der Waals surface area contributed by atoms with E-state index in [0.717, 1.165) is 39.1 Å². The van der Waals surface area contributed by atoms with Crippen LogP contribution < -0.4 is 9.80 Å². The highest BCUT2D eigenvalue weighted by Crippen LogP contribution is 2.31. The van der Waals surface area contributed by atoms with E-state index < -0.39 is 11.7 Å². The number of quaternary nitrogens is 2. The van der Waals surface area contributed by atoms with Crippen molar-refractivity contribution in [3.8, 4) is 0 Å². The largest absolute Gasteiger partial charge is 0.416 e. The molecule has 1 aliphatic heterocycles. The molecule has 3 rings (SSSR count). The third-order valence-corrected chi connectivity index (χ3v) is 5.31. The van der Waals surface area contributed by atoms with Crippen molar-refractivity contribution in [3.63, 3.8) is 0 Å². The molecule has 0 spiro atoms. The van der Waals surface area contributed by atoms with Crippen molar-refractivity contribution in [2.45, 2.75) is 32.6 Å². The van der Waals surface area contributed by atoms with Gasteiger partial charge in [0.2, 0.25) is 0 Å². The number of rotatable bonds is 5. The first kappa shape index (κ1) is 18.9. The molecule has 0 atom stereocenters. The lowest BCUT2D eigenvalue weighted by Gasteiger charge is -2.30. The van der Waals surface area contributed by atoms with Gasteiger partial charge in [-0.05, 0) is 18.1 Å². The molecule has 2 aromatic rings. The van der Waals surface area contributed by atoms with Crippen molar-refractivity contribution < 1.29 is 23.0 Å². The summed E-state index contributed by atoms with van der Waals surface area (Å²) in [5.41, 5.74) is 2.61. The molecule has 2 nitrogen and oxygen atoms in total. The van der Waals surface area contributed by atoms with Crippen LogP contribution in [-0.4, -0.2) is 26.2 Å². The third kappa shape index (κ3) is 4.86. The number of hydrogen-bond donors (Lipinski definition) is 2. The average molecular weight is 364 g/mol. The molecule has 26 heavy (non-hydrogen) atoms. The minimum absolute atomic E-state index is 0.411. The molecule has 0 aromatic heterocycles. The predicted molar refractivity (Wildman–Crippen MR) is 96.1 cm³/mol. The van der Waals surface area contributed by atoms with Gasteiger partial charge in [0.25, 0.3) is 0 Å². The summed E-state index contributed by atoms with van der Waals surface area (Å²) in [5, 5.41) is 0. The fourth-order valence-electron chi connectivity index (χ4n) is 3.71. The van der Waals surface area contributed by atoms with Crippen LogP contribution in [-0.2, 0) is 25.7 Å². The maximum absolute atomic E-state index is 13.1. The summed E-state index contributed by atoms with van der Waals surface area (Å²) in [5.74, 6) is 0. The SMILES string of the molecule is CCc1ccc(C[NH+]2CC[NH+](Cc3ccccc3C(F)(F)F)CC2)cc1. The van der Waals surface area contributed by atoms with Crippen LogP contribution in [0.1, 0.15) is 29.2 Å². The third-order valence-electron chi connectivity index (χ3n) is 5.31. The smallest absolute Gasteiger partial charge is 0.322 e. The van der Waals surface area contributed by atoms with Crippen LogP contribution in [0.15, 0.2) is 48.5 Å². The summed E-state index contributed by atoms with van der Waals surface area (Å²) in [6.45, 7) is 7.42. The zero-order valence-corrected chi connectivity index (χ0v) is 15.2. The standard InChI is InChI=1S/C21H25F3N2/c1-2-17-7-9-18(10-8-17)15-25-11-13-26(14-12-25)16-19-5-3-4-6-20(19)21(22,23)24/h3-10H,2,11-16H2,1H3/p+2. The number of alkyl halides is 3. The Hall–Kier alpha value is -1.85. The maximum atomic E-state index is 13.1. The van der Waals surface area contributed by atoms with Crippen molar-refractivity contribution in [2.75, 3.05) is 26.2 Å². The second-order valence-electron chi connectivity index (χ2n) is 7.18. The lowest BCUT2D eigenvalue weighted by atomic mass is 10.1. The van der Waals surface area contributed by atoms with Gasteiger partial charge in [0.15, 0.2) is 0 Å². The van der Waals surface area contributed by atoms with Gasteiger partial charge in [-0.3, -0.25) is 0 Å². The van der Waals surface area contributed by atoms with Crippen molar-refractivity contribution in [1.82, 2.24) is 0 Å². The highest BCUT2D eigenvalue weighted by atomic mass is 19.4. The molecule has 5 heteroatoms. The van der Waals surface area contributed by atoms with Crippen LogP contribution in [0, 0.1) is 0 Å². The fraction of sp³-hybridized carbons (Fsp3) is 0.429. The highest BCUT2D eigenvalue weighted by molar-refractivity contribution is 5.28. The Morgan fingerprint density at radius 3 is 1.88 bits per heavy atom. The van der Waals surface area contributed by atoms with E-state index >= 15 is 0 Å². The van der Waals surface area contributed by atoms with Gasteiger partial charge in [-0.1, -0.05) is 49.4 Å². The van der Waals surface area contributed by atoms with E-state index in [-0.39, 0.29) is 0 Å². The van der Waals surface area contributed by atoms with Gasteiger partial charge in [0.05, 0.1) is 5.56 Å². The normalized spacial score (nSPS) is 20.9. The molecule has 0 amide bonds. The predicted octanol–water partition coefficient (Wildman–Crippen LogP) is 1.75. The van der Waals surface area contributed by atoms with E-state index in [9.17, 15) is 13.2 Å². The van der Waals surface area contributed by atoms with Crippen molar-refractivity contribution in [3.05, 3.63) is 70.8 Å². The first-order valence-electron chi connectivity index (χ1n) is 9.35. The maximum Gasteiger partial charge on any atom is 0.416 e. The van der Waals surface area contributed by atoms with Crippen LogP contribution in [0.5, 0.6) is 0 Å². The Morgan fingerprint density at radius 2 is 1.31 bits per heavy atom. The minimum Gasteiger partial charge on any atom is -0.322 e. The summed E-state index contributed by atoms with van der Waals surface area (Å²) in [6, 6.07) is 14.7. The molecule has 0 unspecified atom stereocenters. The number of nitrogens with one attached hydrogen (secondary N) is 2. The van der Waals surface area contributed by atoms with E-state index in [1.165, 1.54) is 33.1 Å². The summed E-state index contributed by atoms with van der Waals surface area (Å²) in [4.78, 5) is 2.76. The van der Waals surface area contributed by atoms with Crippen molar-refractivity contribution in [2.24, 2.45) is 0 Å². The van der Waals surface area contributed by atoms with Crippen LogP contribution in [0.3, 0.4) is 0 Å². The fourth-order valence-corrected chi connectivity index (χ4v) is 3.71. The Labute approximate surface area is 153 Å². The second kappa shape index (κ2) is 8.23. The minimum atomic E-state index is -4.27. The van der Waals surface area contributed by atoms with E-state index in [1.807, 2.05) is 0 Å². The first-order valence-corrected chi connectivity index (χ1v) is 9.35. The Morgan fingerprint density at radius 1 is 0.769 bits per heavy atom. The van der Waals surface area contributed by atoms with Crippen LogP contribution in [0.25, 0.3) is 0 Å². The quantitative estimate of drug-likeness (QED) is 0.800. The lowest BCUT2D eigenvalue weighted by molar-refractivity contribution is -1.02. The molecule has 0 saturated carbocycles. The number of halogens is 3. The van der Waals surface area contributed by atoms with Crippen LogP contribution in [0.4, 0.5) is 13.2 Å². The molecule has 0 radical (unpaired) electrons. The molecule has 1 heterocycles. The van der Waals surface area contributed by atoms with Gasteiger partial charge in [-0.25, -0.2) is 0 Å². The van der Waals surface area contributed by atoms with Gasteiger partial charge >= 0.3 is 6.18 Å². The highest BCUT2D eigenvalue weighted by Gasteiger charge is 2.34. The van der Waals surface area contributed by atoms with Gasteiger partial charge in [0.1, 0.15) is 39.3 Å². The van der Waals surface area contributed by atoms with E-state index in [1.54, 1.807) is 12.1 Å². The number of piperazine rings is 1. The molecule has 1 saturated heterocycles. The molecule has 140 valence electrons. The summed E-state index contributed by atoms with van der Waals surface area (Å²) < 4.78 is 39.4. The first-order chi connectivity index (χ1) is 12.5. The van der Waals surface area contributed by atoms with E-state index in [2.05, 4.69) is 31.2 Å². The molecule has 1 aliphatic rings. The summed E-state index contributed by atoms with van der Waals surface area (Å²) in [6.07, 6.45) is -3.22. The average Bonchev–Trinajstić information content (AvgIpc) is 2.63. The van der Waals surface area contributed by atoms with E-state index in [0.29, 0.717) is 12.1 Å². The van der Waals surface area contributed by atoms with Gasteiger partial charge < -0.3 is 9.80 Å². The summed E-state index contributed by atoms with van der Waals surface area (Å²) in [7, 11) is 0.